The van der Waals surface area contributed by atoms with Crippen LogP contribution in [0, 0.1) is 0 Å². The third kappa shape index (κ3) is 4.04. The fraction of sp³-hybridized carbons (Fsp3) is 0.364. The first kappa shape index (κ1) is 16.1. The van der Waals surface area contributed by atoms with Crippen LogP contribution in [0.5, 0.6) is 5.75 Å². The lowest BCUT2D eigenvalue weighted by Crippen LogP contribution is -2.23. The van der Waals surface area contributed by atoms with Crippen molar-refractivity contribution in [2.45, 2.75) is 25.4 Å². The molecule has 0 aliphatic heterocycles. The van der Waals surface area contributed by atoms with Gasteiger partial charge >= 0.3 is 18.3 Å². The lowest BCUT2D eigenvalue weighted by Gasteiger charge is -2.16. The zero-order chi connectivity index (χ0) is 15.7. The van der Waals surface area contributed by atoms with Crippen LogP contribution in [0.3, 0.4) is 0 Å². The molecule has 112 valence electrons. The van der Waals surface area contributed by atoms with Gasteiger partial charge in [-0.2, -0.15) is 26.3 Å². The predicted molar refractivity (Wildman–Crippen MR) is 54.2 cm³/mol. The number of carboxylic acids is 1. The number of carbonyl (C=O) groups is 1. The number of aliphatic carboxylic acids is 1. The second-order valence-electron chi connectivity index (χ2n) is 3.84. The van der Waals surface area contributed by atoms with Crippen LogP contribution >= 0.6 is 0 Å². The van der Waals surface area contributed by atoms with Gasteiger partial charge in [0.15, 0.2) is 6.10 Å². The fourth-order valence-corrected chi connectivity index (χ4v) is 1.25. The Morgan fingerprint density at radius 1 is 1.05 bits per heavy atom. The van der Waals surface area contributed by atoms with Crippen LogP contribution in [0.4, 0.5) is 26.3 Å². The van der Waals surface area contributed by atoms with E-state index in [0.29, 0.717) is 12.1 Å². The molecule has 9 heteroatoms. The zero-order valence-corrected chi connectivity index (χ0v) is 9.84. The zero-order valence-electron chi connectivity index (χ0n) is 9.84. The average Bonchev–Trinajstić information content (AvgIpc) is 2.26. The number of hydrogen-bond acceptors (Lipinski definition) is 2. The molecule has 20 heavy (non-hydrogen) atoms. The summed E-state index contributed by atoms with van der Waals surface area (Å²) in [6.07, 6.45) is -11.6. The molecule has 3 nitrogen and oxygen atoms in total. The van der Waals surface area contributed by atoms with Gasteiger partial charge in [-0.25, -0.2) is 4.79 Å². The molecule has 0 amide bonds. The van der Waals surface area contributed by atoms with E-state index < -0.39 is 41.3 Å². The van der Waals surface area contributed by atoms with E-state index in [1.165, 1.54) is 0 Å². The van der Waals surface area contributed by atoms with Gasteiger partial charge in [0, 0.05) is 0 Å². The van der Waals surface area contributed by atoms with Crippen molar-refractivity contribution in [3.05, 3.63) is 29.3 Å². The highest BCUT2D eigenvalue weighted by atomic mass is 19.4. The van der Waals surface area contributed by atoms with Gasteiger partial charge in [-0.05, 0) is 25.1 Å². The van der Waals surface area contributed by atoms with Crippen molar-refractivity contribution in [3.63, 3.8) is 0 Å². The molecule has 0 radical (unpaired) electrons. The van der Waals surface area contributed by atoms with Gasteiger partial charge in [0.1, 0.15) is 5.75 Å². The Labute approximate surface area is 108 Å². The number of ether oxygens (including phenoxy) is 1. The van der Waals surface area contributed by atoms with Crippen molar-refractivity contribution >= 4 is 5.97 Å². The van der Waals surface area contributed by atoms with Crippen LogP contribution < -0.4 is 4.74 Å². The lowest BCUT2D eigenvalue weighted by molar-refractivity contribution is -0.144. The van der Waals surface area contributed by atoms with Gasteiger partial charge in [0.05, 0.1) is 11.1 Å². The maximum Gasteiger partial charge on any atom is 0.416 e. The molecule has 0 aliphatic rings. The van der Waals surface area contributed by atoms with E-state index in [1.807, 2.05) is 0 Å². The summed E-state index contributed by atoms with van der Waals surface area (Å²) in [4.78, 5) is 10.5. The molecule has 0 saturated carbocycles. The van der Waals surface area contributed by atoms with Crippen LogP contribution in [0.1, 0.15) is 18.1 Å². The summed E-state index contributed by atoms with van der Waals surface area (Å²) >= 11 is 0. The summed E-state index contributed by atoms with van der Waals surface area (Å²) in [5, 5.41) is 8.53. The van der Waals surface area contributed by atoms with E-state index >= 15 is 0 Å². The number of benzene rings is 1. The first-order chi connectivity index (χ1) is 8.91. The minimum atomic E-state index is -5.01. The van der Waals surface area contributed by atoms with Crippen molar-refractivity contribution in [1.29, 1.82) is 0 Å². The fourth-order valence-electron chi connectivity index (χ4n) is 1.25. The van der Waals surface area contributed by atoms with Crippen LogP contribution in [-0.4, -0.2) is 17.2 Å². The topological polar surface area (TPSA) is 46.5 Å². The van der Waals surface area contributed by atoms with E-state index in [2.05, 4.69) is 4.74 Å². The molecule has 0 fully saturated rings. The Hall–Kier alpha value is -1.93. The highest BCUT2D eigenvalue weighted by molar-refractivity contribution is 5.72. The number of halogens is 6. The third-order valence-electron chi connectivity index (χ3n) is 2.22. The summed E-state index contributed by atoms with van der Waals surface area (Å²) in [5.41, 5.74) is -3.14. The molecule has 0 bridgehead atoms. The molecular formula is C11H8F6O3. The van der Waals surface area contributed by atoms with E-state index in [4.69, 9.17) is 5.11 Å². The number of hydrogen-bond donors (Lipinski definition) is 1. The molecule has 1 aromatic carbocycles. The maximum atomic E-state index is 12.5. The monoisotopic (exact) mass is 302 g/mol. The third-order valence-corrected chi connectivity index (χ3v) is 2.22. The number of rotatable bonds is 3. The van der Waals surface area contributed by atoms with Crippen molar-refractivity contribution in [1.82, 2.24) is 0 Å². The average molecular weight is 302 g/mol. The Morgan fingerprint density at radius 3 is 1.75 bits per heavy atom. The summed E-state index contributed by atoms with van der Waals surface area (Å²) < 4.78 is 79.5. The van der Waals surface area contributed by atoms with Gasteiger partial charge < -0.3 is 9.84 Å². The number of carboxylic acid groups (broad SMARTS) is 1. The predicted octanol–water partition coefficient (Wildman–Crippen LogP) is 3.58. The van der Waals surface area contributed by atoms with Crippen molar-refractivity contribution in [3.8, 4) is 5.75 Å². The Morgan fingerprint density at radius 2 is 1.45 bits per heavy atom. The molecule has 0 aromatic heterocycles. The summed E-state index contributed by atoms with van der Waals surface area (Å²) in [5.74, 6) is -2.34. The quantitative estimate of drug-likeness (QED) is 0.868. The summed E-state index contributed by atoms with van der Waals surface area (Å²) in [6.45, 7) is 0.982. The minimum Gasteiger partial charge on any atom is -0.479 e. The SMILES string of the molecule is C[C@@H](Oc1cc(C(F)(F)F)cc(C(F)(F)F)c1)C(=O)O. The second kappa shape index (κ2) is 5.22. The van der Waals surface area contributed by atoms with Gasteiger partial charge in [0.25, 0.3) is 0 Å². The molecule has 0 unspecified atom stereocenters. The largest absolute Gasteiger partial charge is 0.479 e. The molecular weight excluding hydrogens is 294 g/mol. The van der Waals surface area contributed by atoms with Crippen LogP contribution in [0.15, 0.2) is 18.2 Å². The summed E-state index contributed by atoms with van der Waals surface area (Å²) in [6, 6.07) is 0.557. The Bertz CT molecular complexity index is 474. The van der Waals surface area contributed by atoms with E-state index in [0.717, 1.165) is 6.92 Å². The lowest BCUT2D eigenvalue weighted by atomic mass is 10.1. The highest BCUT2D eigenvalue weighted by Crippen LogP contribution is 2.38. The minimum absolute atomic E-state index is 0.0711. The van der Waals surface area contributed by atoms with Crippen molar-refractivity contribution in [2.24, 2.45) is 0 Å². The maximum absolute atomic E-state index is 12.5. The molecule has 1 aromatic rings. The van der Waals surface area contributed by atoms with Gasteiger partial charge in [0.2, 0.25) is 0 Å². The highest BCUT2D eigenvalue weighted by Gasteiger charge is 2.37. The molecule has 0 aliphatic carbocycles. The normalized spacial score (nSPS) is 13.9. The number of alkyl halides is 6. The standard InChI is InChI=1S/C11H8F6O3/c1-5(9(18)19)20-8-3-6(10(12,13)14)2-7(4-8)11(15,16)17/h2-5H,1H3,(H,18,19)/t5-/m1/s1. The molecule has 0 heterocycles. The van der Waals surface area contributed by atoms with Gasteiger partial charge in [-0.15, -0.1) is 0 Å². The molecule has 0 saturated heterocycles. The first-order valence-electron chi connectivity index (χ1n) is 5.10. The van der Waals surface area contributed by atoms with Gasteiger partial charge in [-0.1, -0.05) is 0 Å². The van der Waals surface area contributed by atoms with E-state index in [-0.39, 0.29) is 6.07 Å². The Kier molecular flexibility index (Phi) is 4.21. The molecule has 1 N–H and O–H groups in total. The second-order valence-corrected chi connectivity index (χ2v) is 3.84. The van der Waals surface area contributed by atoms with Crippen LogP contribution in [0.25, 0.3) is 0 Å². The van der Waals surface area contributed by atoms with Crippen LogP contribution in [0.2, 0.25) is 0 Å². The summed E-state index contributed by atoms with van der Waals surface area (Å²) in [7, 11) is 0. The smallest absolute Gasteiger partial charge is 0.416 e. The van der Waals surface area contributed by atoms with Gasteiger partial charge in [-0.3, -0.25) is 0 Å². The van der Waals surface area contributed by atoms with Crippen molar-refractivity contribution < 1.29 is 41.0 Å². The van der Waals surface area contributed by atoms with Crippen LogP contribution in [-0.2, 0) is 17.1 Å². The van der Waals surface area contributed by atoms with E-state index in [1.54, 1.807) is 0 Å². The molecule has 1 rings (SSSR count). The Balaban J connectivity index is 3.28. The molecule has 1 atom stereocenters. The van der Waals surface area contributed by atoms with E-state index in [9.17, 15) is 31.1 Å². The first-order valence-corrected chi connectivity index (χ1v) is 5.10. The van der Waals surface area contributed by atoms with Crippen molar-refractivity contribution in [2.75, 3.05) is 0 Å². The molecule has 0 spiro atoms.